The van der Waals surface area contributed by atoms with Crippen LogP contribution in [0.2, 0.25) is 0 Å². The zero-order chi connectivity index (χ0) is 14.4. The van der Waals surface area contributed by atoms with Crippen molar-refractivity contribution >= 4 is 0 Å². The number of nitrogens with zero attached hydrogens (tertiary/aromatic N) is 3. The van der Waals surface area contributed by atoms with Gasteiger partial charge in [0.05, 0.1) is 0 Å². The standard InChI is InChI=1S/C14H19FN4O/c1-2-5-19-14(17-10-18-19)9-20-13-7-11(3-4-16)6-12(15)8-13/h6-8,10H,2-5,9,16H2,1H3. The number of nitrogens with two attached hydrogens (primary N) is 1. The highest BCUT2D eigenvalue weighted by Crippen LogP contribution is 2.18. The van der Waals surface area contributed by atoms with Crippen molar-refractivity contribution in [3.8, 4) is 5.75 Å². The Morgan fingerprint density at radius 3 is 2.95 bits per heavy atom. The molecule has 0 bridgehead atoms. The fraction of sp³-hybridized carbons (Fsp3) is 0.429. The number of hydrogen-bond acceptors (Lipinski definition) is 4. The first-order chi connectivity index (χ1) is 9.72. The third kappa shape index (κ3) is 3.77. The van der Waals surface area contributed by atoms with Crippen LogP contribution in [0.15, 0.2) is 24.5 Å². The number of hydrogen-bond donors (Lipinski definition) is 1. The zero-order valence-corrected chi connectivity index (χ0v) is 11.6. The van der Waals surface area contributed by atoms with Crippen LogP contribution in [0.1, 0.15) is 24.7 Å². The predicted octanol–water partition coefficient (Wildman–Crippen LogP) is 1.91. The molecule has 0 spiro atoms. The molecule has 20 heavy (non-hydrogen) atoms. The summed E-state index contributed by atoms with van der Waals surface area (Å²) in [6.45, 7) is 3.61. The molecule has 5 nitrogen and oxygen atoms in total. The van der Waals surface area contributed by atoms with Crippen molar-refractivity contribution in [2.45, 2.75) is 32.9 Å². The van der Waals surface area contributed by atoms with E-state index < -0.39 is 0 Å². The summed E-state index contributed by atoms with van der Waals surface area (Å²) in [7, 11) is 0. The molecule has 0 aliphatic heterocycles. The van der Waals surface area contributed by atoms with E-state index in [0.717, 1.165) is 24.4 Å². The van der Waals surface area contributed by atoms with Gasteiger partial charge in [-0.25, -0.2) is 14.1 Å². The molecule has 2 rings (SSSR count). The monoisotopic (exact) mass is 278 g/mol. The largest absolute Gasteiger partial charge is 0.486 e. The highest BCUT2D eigenvalue weighted by molar-refractivity contribution is 5.29. The van der Waals surface area contributed by atoms with Crippen molar-refractivity contribution < 1.29 is 9.13 Å². The quantitative estimate of drug-likeness (QED) is 0.840. The van der Waals surface area contributed by atoms with Gasteiger partial charge in [-0.1, -0.05) is 6.92 Å². The molecule has 1 aromatic carbocycles. The maximum Gasteiger partial charge on any atom is 0.164 e. The summed E-state index contributed by atoms with van der Waals surface area (Å²) in [4.78, 5) is 4.14. The molecule has 0 fully saturated rings. The van der Waals surface area contributed by atoms with Crippen LogP contribution < -0.4 is 10.5 Å². The first-order valence-corrected chi connectivity index (χ1v) is 6.72. The van der Waals surface area contributed by atoms with Gasteiger partial charge in [0.2, 0.25) is 0 Å². The third-order valence-corrected chi connectivity index (χ3v) is 2.86. The fourth-order valence-electron chi connectivity index (χ4n) is 1.96. The predicted molar refractivity (Wildman–Crippen MR) is 73.8 cm³/mol. The second-order valence-corrected chi connectivity index (χ2v) is 4.52. The first-order valence-electron chi connectivity index (χ1n) is 6.72. The topological polar surface area (TPSA) is 66.0 Å². The van der Waals surface area contributed by atoms with E-state index in [9.17, 15) is 4.39 Å². The SMILES string of the molecule is CCCn1ncnc1COc1cc(F)cc(CCN)c1. The maximum absolute atomic E-state index is 13.5. The van der Waals surface area contributed by atoms with Crippen LogP contribution >= 0.6 is 0 Å². The number of aromatic nitrogens is 3. The molecule has 0 aliphatic carbocycles. The van der Waals surface area contributed by atoms with Gasteiger partial charge in [-0.05, 0) is 37.1 Å². The van der Waals surface area contributed by atoms with Crippen LogP contribution in [0, 0.1) is 5.82 Å². The van der Waals surface area contributed by atoms with Crippen LogP contribution in [-0.4, -0.2) is 21.3 Å². The molecule has 0 unspecified atom stereocenters. The van der Waals surface area contributed by atoms with Crippen molar-refractivity contribution in [2.24, 2.45) is 5.73 Å². The van der Waals surface area contributed by atoms with Crippen LogP contribution in [0.4, 0.5) is 4.39 Å². The third-order valence-electron chi connectivity index (χ3n) is 2.86. The van der Waals surface area contributed by atoms with Crippen molar-refractivity contribution in [3.63, 3.8) is 0 Å². The van der Waals surface area contributed by atoms with E-state index in [1.807, 2.05) is 0 Å². The zero-order valence-electron chi connectivity index (χ0n) is 11.6. The molecule has 0 saturated carbocycles. The molecular formula is C14H19FN4O. The van der Waals surface area contributed by atoms with Crippen molar-refractivity contribution in [3.05, 3.63) is 41.7 Å². The maximum atomic E-state index is 13.5. The Morgan fingerprint density at radius 1 is 1.35 bits per heavy atom. The normalized spacial score (nSPS) is 10.8. The van der Waals surface area contributed by atoms with Gasteiger partial charge in [0.25, 0.3) is 0 Å². The summed E-state index contributed by atoms with van der Waals surface area (Å²) in [5.41, 5.74) is 6.31. The van der Waals surface area contributed by atoms with Gasteiger partial charge < -0.3 is 10.5 Å². The van der Waals surface area contributed by atoms with Crippen molar-refractivity contribution in [1.82, 2.24) is 14.8 Å². The summed E-state index contributed by atoms with van der Waals surface area (Å²) < 4.78 is 20.9. The summed E-state index contributed by atoms with van der Waals surface area (Å²) in [6, 6.07) is 4.64. The summed E-state index contributed by atoms with van der Waals surface area (Å²) in [5, 5.41) is 4.12. The Bertz CT molecular complexity index is 556. The van der Waals surface area contributed by atoms with E-state index in [1.54, 1.807) is 10.7 Å². The van der Waals surface area contributed by atoms with Gasteiger partial charge in [0.15, 0.2) is 5.82 Å². The lowest BCUT2D eigenvalue weighted by atomic mass is 10.1. The number of rotatable bonds is 7. The number of ether oxygens (including phenoxy) is 1. The highest BCUT2D eigenvalue weighted by Gasteiger charge is 2.06. The Hall–Kier alpha value is -1.95. The van der Waals surface area contributed by atoms with E-state index >= 15 is 0 Å². The van der Waals surface area contributed by atoms with Gasteiger partial charge in [-0.15, -0.1) is 0 Å². The van der Waals surface area contributed by atoms with Crippen molar-refractivity contribution in [1.29, 1.82) is 0 Å². The van der Waals surface area contributed by atoms with Gasteiger partial charge in [-0.3, -0.25) is 0 Å². The lowest BCUT2D eigenvalue weighted by Crippen LogP contribution is -2.09. The molecule has 0 saturated heterocycles. The second kappa shape index (κ2) is 7.00. The molecule has 6 heteroatoms. The molecule has 0 radical (unpaired) electrons. The van der Waals surface area contributed by atoms with Crippen LogP contribution in [0.3, 0.4) is 0 Å². The smallest absolute Gasteiger partial charge is 0.164 e. The fourth-order valence-corrected chi connectivity index (χ4v) is 1.96. The van der Waals surface area contributed by atoms with E-state index in [-0.39, 0.29) is 12.4 Å². The average Bonchev–Trinajstić information content (AvgIpc) is 2.84. The van der Waals surface area contributed by atoms with Gasteiger partial charge >= 0.3 is 0 Å². The first kappa shape index (κ1) is 14.5. The molecule has 1 heterocycles. The van der Waals surface area contributed by atoms with Crippen molar-refractivity contribution in [2.75, 3.05) is 6.54 Å². The summed E-state index contributed by atoms with van der Waals surface area (Å²) in [6.07, 6.45) is 3.09. The number of aryl methyl sites for hydroxylation is 1. The Balaban J connectivity index is 2.04. The molecule has 0 aliphatic rings. The van der Waals surface area contributed by atoms with E-state index in [2.05, 4.69) is 17.0 Å². The average molecular weight is 278 g/mol. The van der Waals surface area contributed by atoms with Gasteiger partial charge in [0.1, 0.15) is 24.5 Å². The molecule has 108 valence electrons. The second-order valence-electron chi connectivity index (χ2n) is 4.52. The van der Waals surface area contributed by atoms with E-state index in [1.165, 1.54) is 18.5 Å². The lowest BCUT2D eigenvalue weighted by Gasteiger charge is -2.09. The number of benzene rings is 1. The Morgan fingerprint density at radius 2 is 2.20 bits per heavy atom. The minimum atomic E-state index is -0.319. The van der Waals surface area contributed by atoms with E-state index in [0.29, 0.717) is 18.7 Å². The summed E-state index contributed by atoms with van der Waals surface area (Å²) >= 11 is 0. The molecule has 2 N–H and O–H groups in total. The Labute approximate surface area is 117 Å². The molecule has 2 aromatic rings. The molecule has 1 aromatic heterocycles. The molecule has 0 amide bonds. The Kier molecular flexibility index (Phi) is 5.06. The minimum Gasteiger partial charge on any atom is -0.486 e. The summed E-state index contributed by atoms with van der Waals surface area (Å²) in [5.74, 6) is 0.900. The minimum absolute atomic E-state index is 0.269. The highest BCUT2D eigenvalue weighted by atomic mass is 19.1. The van der Waals surface area contributed by atoms with Crippen LogP contribution in [0.25, 0.3) is 0 Å². The molecule has 0 atom stereocenters. The van der Waals surface area contributed by atoms with Crippen LogP contribution in [0.5, 0.6) is 5.75 Å². The number of halogens is 1. The molecular weight excluding hydrogens is 259 g/mol. The van der Waals surface area contributed by atoms with Gasteiger partial charge in [0, 0.05) is 12.6 Å². The van der Waals surface area contributed by atoms with Gasteiger partial charge in [-0.2, -0.15) is 5.10 Å². The lowest BCUT2D eigenvalue weighted by molar-refractivity contribution is 0.284. The van der Waals surface area contributed by atoms with Crippen LogP contribution in [-0.2, 0) is 19.6 Å². The van der Waals surface area contributed by atoms with E-state index in [4.69, 9.17) is 10.5 Å².